The Morgan fingerprint density at radius 2 is 2.00 bits per heavy atom. The summed E-state index contributed by atoms with van der Waals surface area (Å²) in [5.74, 6) is 1.59. The average molecular weight is 398 g/mol. The Hall–Kier alpha value is -0.910. The monoisotopic (exact) mass is 396 g/mol. The largest absolute Gasteiger partial charge is 0.455 e. The second kappa shape index (κ2) is 6.24. The van der Waals surface area contributed by atoms with E-state index in [9.17, 15) is 0 Å². The van der Waals surface area contributed by atoms with Crippen molar-refractivity contribution >= 4 is 31.9 Å². The first kappa shape index (κ1) is 14.0. The molecule has 0 saturated heterocycles. The number of pyridine rings is 1. The molecule has 0 aliphatic heterocycles. The van der Waals surface area contributed by atoms with Gasteiger partial charge in [0.25, 0.3) is 0 Å². The van der Waals surface area contributed by atoms with Gasteiger partial charge in [0.2, 0.25) is 0 Å². The molecule has 20 heavy (non-hydrogen) atoms. The molecule has 0 unspecified atom stereocenters. The predicted octanol–water partition coefficient (Wildman–Crippen LogP) is 4.65. The van der Waals surface area contributed by atoms with Gasteiger partial charge in [-0.15, -0.1) is 0 Å². The van der Waals surface area contributed by atoms with Crippen LogP contribution in [0.25, 0.3) is 0 Å². The van der Waals surface area contributed by atoms with Crippen LogP contribution >= 0.6 is 31.9 Å². The zero-order chi connectivity index (χ0) is 13.9. The van der Waals surface area contributed by atoms with Crippen LogP contribution in [0.1, 0.15) is 18.4 Å². The molecule has 1 aromatic carbocycles. The van der Waals surface area contributed by atoms with E-state index in [-0.39, 0.29) is 0 Å². The molecule has 1 aliphatic carbocycles. The number of rotatable bonds is 5. The molecule has 104 valence electrons. The SMILES string of the molecule is Brc1cncc(Oc2ccc(Br)cc2CNC2CC2)c1. The topological polar surface area (TPSA) is 34.1 Å². The molecule has 2 aromatic rings. The van der Waals surface area contributed by atoms with E-state index in [0.717, 1.165) is 32.6 Å². The minimum Gasteiger partial charge on any atom is -0.455 e. The summed E-state index contributed by atoms with van der Waals surface area (Å²) in [4.78, 5) is 4.12. The third-order valence-corrected chi connectivity index (χ3v) is 4.02. The Morgan fingerprint density at radius 3 is 2.75 bits per heavy atom. The third-order valence-electron chi connectivity index (χ3n) is 3.09. The van der Waals surface area contributed by atoms with Crippen LogP contribution in [0.5, 0.6) is 11.5 Å². The number of hydrogen-bond acceptors (Lipinski definition) is 3. The van der Waals surface area contributed by atoms with Gasteiger partial charge in [-0.3, -0.25) is 4.98 Å². The fraction of sp³-hybridized carbons (Fsp3) is 0.267. The Morgan fingerprint density at radius 1 is 1.15 bits per heavy atom. The lowest BCUT2D eigenvalue weighted by Gasteiger charge is -2.12. The highest BCUT2D eigenvalue weighted by atomic mass is 79.9. The highest BCUT2D eigenvalue weighted by Crippen LogP contribution is 2.30. The predicted molar refractivity (Wildman–Crippen MR) is 86.0 cm³/mol. The quantitative estimate of drug-likeness (QED) is 0.797. The van der Waals surface area contributed by atoms with Crippen molar-refractivity contribution in [2.24, 2.45) is 0 Å². The number of hydrogen-bond donors (Lipinski definition) is 1. The van der Waals surface area contributed by atoms with Gasteiger partial charge in [0.1, 0.15) is 11.5 Å². The lowest BCUT2D eigenvalue weighted by Crippen LogP contribution is -2.15. The molecule has 1 fully saturated rings. The van der Waals surface area contributed by atoms with Gasteiger partial charge in [-0.2, -0.15) is 0 Å². The van der Waals surface area contributed by atoms with Gasteiger partial charge in [-0.05, 0) is 53.0 Å². The highest BCUT2D eigenvalue weighted by molar-refractivity contribution is 9.10. The van der Waals surface area contributed by atoms with Crippen LogP contribution in [-0.2, 0) is 6.54 Å². The van der Waals surface area contributed by atoms with Crippen LogP contribution in [-0.4, -0.2) is 11.0 Å². The molecular weight excluding hydrogens is 384 g/mol. The second-order valence-corrected chi connectivity index (χ2v) is 6.68. The van der Waals surface area contributed by atoms with Crippen molar-refractivity contribution in [1.82, 2.24) is 10.3 Å². The smallest absolute Gasteiger partial charge is 0.146 e. The van der Waals surface area contributed by atoms with E-state index in [1.165, 1.54) is 12.8 Å². The maximum absolute atomic E-state index is 5.94. The molecule has 1 N–H and O–H groups in total. The maximum atomic E-state index is 5.94. The Bertz CT molecular complexity index is 615. The van der Waals surface area contributed by atoms with E-state index in [2.05, 4.69) is 48.2 Å². The lowest BCUT2D eigenvalue weighted by molar-refractivity contribution is 0.470. The number of aromatic nitrogens is 1. The number of ether oxygens (including phenoxy) is 1. The third kappa shape index (κ3) is 3.81. The molecule has 0 amide bonds. The first-order chi connectivity index (χ1) is 9.70. The van der Waals surface area contributed by atoms with Gasteiger partial charge in [0.05, 0.1) is 6.20 Å². The zero-order valence-electron chi connectivity index (χ0n) is 10.8. The fourth-order valence-corrected chi connectivity index (χ4v) is 2.65. The van der Waals surface area contributed by atoms with E-state index in [4.69, 9.17) is 4.74 Å². The van der Waals surface area contributed by atoms with Crippen molar-refractivity contribution in [3.05, 3.63) is 51.2 Å². The van der Waals surface area contributed by atoms with E-state index in [1.54, 1.807) is 12.4 Å². The summed E-state index contributed by atoms with van der Waals surface area (Å²) in [6.07, 6.45) is 6.01. The number of halogens is 2. The molecule has 1 heterocycles. The summed E-state index contributed by atoms with van der Waals surface area (Å²) < 4.78 is 7.91. The molecule has 0 atom stereocenters. The van der Waals surface area contributed by atoms with Gasteiger partial charge in [-0.1, -0.05) is 15.9 Å². The van der Waals surface area contributed by atoms with Crippen molar-refractivity contribution in [3.63, 3.8) is 0 Å². The molecule has 3 rings (SSSR count). The maximum Gasteiger partial charge on any atom is 0.146 e. The summed E-state index contributed by atoms with van der Waals surface area (Å²) >= 11 is 6.91. The molecule has 1 aromatic heterocycles. The van der Waals surface area contributed by atoms with Crippen LogP contribution in [0.15, 0.2) is 45.6 Å². The molecule has 0 spiro atoms. The first-order valence-electron chi connectivity index (χ1n) is 6.51. The molecule has 0 radical (unpaired) electrons. The van der Waals surface area contributed by atoms with Crippen molar-refractivity contribution in [2.45, 2.75) is 25.4 Å². The Labute approximate surface area is 135 Å². The number of nitrogens with one attached hydrogen (secondary N) is 1. The standard InChI is InChI=1S/C15H14Br2N2O/c16-11-1-4-15(10(5-11)7-19-13-2-3-13)20-14-6-12(17)8-18-9-14/h1,4-6,8-9,13,19H,2-3,7H2. The van der Waals surface area contributed by atoms with Gasteiger partial charge >= 0.3 is 0 Å². The lowest BCUT2D eigenvalue weighted by atomic mass is 10.2. The van der Waals surface area contributed by atoms with Crippen LogP contribution in [0.2, 0.25) is 0 Å². The molecule has 1 aliphatic rings. The summed E-state index contributed by atoms with van der Waals surface area (Å²) in [5, 5.41) is 3.51. The minimum absolute atomic E-state index is 0.675. The Kier molecular flexibility index (Phi) is 4.38. The van der Waals surface area contributed by atoms with Gasteiger partial charge in [0, 0.05) is 33.3 Å². The van der Waals surface area contributed by atoms with Crippen LogP contribution in [0.4, 0.5) is 0 Å². The highest BCUT2D eigenvalue weighted by Gasteiger charge is 2.20. The molecule has 1 saturated carbocycles. The minimum atomic E-state index is 0.675. The number of benzene rings is 1. The van der Waals surface area contributed by atoms with E-state index < -0.39 is 0 Å². The van der Waals surface area contributed by atoms with Crippen LogP contribution in [0, 0.1) is 0 Å². The first-order valence-corrected chi connectivity index (χ1v) is 8.09. The summed E-state index contributed by atoms with van der Waals surface area (Å²) in [5.41, 5.74) is 1.14. The second-order valence-electron chi connectivity index (χ2n) is 4.85. The number of nitrogens with zero attached hydrogens (tertiary/aromatic N) is 1. The van der Waals surface area contributed by atoms with Gasteiger partial charge in [0.15, 0.2) is 0 Å². The zero-order valence-corrected chi connectivity index (χ0v) is 13.9. The van der Waals surface area contributed by atoms with Gasteiger partial charge < -0.3 is 10.1 Å². The fourth-order valence-electron chi connectivity index (χ4n) is 1.90. The summed E-state index contributed by atoms with van der Waals surface area (Å²) in [6, 6.07) is 8.65. The van der Waals surface area contributed by atoms with E-state index in [0.29, 0.717) is 6.04 Å². The molecule has 0 bridgehead atoms. The normalized spacial score (nSPS) is 14.3. The van der Waals surface area contributed by atoms with E-state index >= 15 is 0 Å². The molecule has 3 nitrogen and oxygen atoms in total. The van der Waals surface area contributed by atoms with Crippen molar-refractivity contribution in [1.29, 1.82) is 0 Å². The van der Waals surface area contributed by atoms with Crippen molar-refractivity contribution in [2.75, 3.05) is 0 Å². The van der Waals surface area contributed by atoms with Crippen molar-refractivity contribution in [3.8, 4) is 11.5 Å². The molecular formula is C15H14Br2N2O. The van der Waals surface area contributed by atoms with Crippen LogP contribution < -0.4 is 10.1 Å². The average Bonchev–Trinajstić information content (AvgIpc) is 3.23. The molecule has 5 heteroatoms. The summed E-state index contributed by atoms with van der Waals surface area (Å²) in [6.45, 7) is 0.820. The van der Waals surface area contributed by atoms with Gasteiger partial charge in [-0.25, -0.2) is 0 Å². The summed E-state index contributed by atoms with van der Waals surface area (Å²) in [7, 11) is 0. The van der Waals surface area contributed by atoms with E-state index in [1.807, 2.05) is 18.2 Å². The van der Waals surface area contributed by atoms with Crippen molar-refractivity contribution < 1.29 is 4.74 Å². The van der Waals surface area contributed by atoms with Crippen LogP contribution in [0.3, 0.4) is 0 Å². The Balaban J connectivity index is 1.79.